The molecule has 0 saturated carbocycles. The van der Waals surface area contributed by atoms with E-state index in [1.54, 1.807) is 52.0 Å². The topological polar surface area (TPSA) is 157 Å². The number of rotatable bonds is 12. The van der Waals surface area contributed by atoms with E-state index in [4.69, 9.17) is 4.74 Å². The Hall–Kier alpha value is -3.73. The molecule has 2 aromatic rings. The Balaban J connectivity index is 1.89. The average molecular weight is 475 g/mol. The van der Waals surface area contributed by atoms with E-state index in [0.29, 0.717) is 13.0 Å². The molecule has 11 heteroatoms. The molecule has 11 nitrogen and oxygen atoms in total. The van der Waals surface area contributed by atoms with Gasteiger partial charge in [0, 0.05) is 19.2 Å². The molecule has 2 rings (SSSR count). The first-order chi connectivity index (χ1) is 15.8. The fourth-order valence-corrected chi connectivity index (χ4v) is 2.96. The summed E-state index contributed by atoms with van der Waals surface area (Å²) in [7, 11) is 0. The van der Waals surface area contributed by atoms with Crippen LogP contribution in [0.5, 0.6) is 5.75 Å². The zero-order valence-electron chi connectivity index (χ0n) is 19.7. The van der Waals surface area contributed by atoms with Gasteiger partial charge in [0.1, 0.15) is 11.4 Å². The number of nitro benzene ring substituents is 2. The molecule has 0 bridgehead atoms. The lowest BCUT2D eigenvalue weighted by Gasteiger charge is -2.31. The van der Waals surface area contributed by atoms with E-state index < -0.39 is 26.6 Å². The Morgan fingerprint density at radius 2 is 1.68 bits per heavy atom. The molecule has 0 saturated heterocycles. The highest BCUT2D eigenvalue weighted by molar-refractivity contribution is 5.81. The number of nitro groups is 2. The van der Waals surface area contributed by atoms with Crippen molar-refractivity contribution in [3.63, 3.8) is 0 Å². The SMILES string of the molecule is CC(C)(CNc1ccc([N+](=O)[O-])cc1[N+](=O)[O-])OCC(C)(C)C(=O)NCCc1ccc(O)cc1. The first-order valence-electron chi connectivity index (χ1n) is 10.7. The summed E-state index contributed by atoms with van der Waals surface area (Å²) in [6.45, 7) is 7.77. The summed E-state index contributed by atoms with van der Waals surface area (Å²) in [4.78, 5) is 33.4. The number of nitrogens with zero attached hydrogens (tertiary/aromatic N) is 2. The van der Waals surface area contributed by atoms with Crippen LogP contribution in [0.3, 0.4) is 0 Å². The molecule has 0 heterocycles. The number of carbonyl (C=O) groups excluding carboxylic acids is 1. The maximum absolute atomic E-state index is 12.6. The number of amides is 1. The number of non-ortho nitro benzene ring substituents is 1. The van der Waals surface area contributed by atoms with Crippen molar-refractivity contribution in [1.82, 2.24) is 5.32 Å². The standard InChI is InChI=1S/C23H30N4O7/c1-22(2,21(29)24-12-11-16-5-8-18(28)9-6-16)15-34-23(3,4)14-25-19-10-7-17(26(30)31)13-20(19)27(32)33/h5-10,13,25,28H,11-12,14-15H2,1-4H3,(H,24,29). The Bertz CT molecular complexity index is 1040. The molecular formula is C23H30N4O7. The van der Waals surface area contributed by atoms with Crippen LogP contribution in [0.1, 0.15) is 33.3 Å². The lowest BCUT2D eigenvalue weighted by molar-refractivity contribution is -0.393. The Labute approximate surface area is 197 Å². The molecule has 0 unspecified atom stereocenters. The lowest BCUT2D eigenvalue weighted by Crippen LogP contribution is -2.44. The summed E-state index contributed by atoms with van der Waals surface area (Å²) in [5.74, 6) is 0.00685. The van der Waals surface area contributed by atoms with Crippen LogP contribution in [-0.4, -0.2) is 46.2 Å². The zero-order valence-corrected chi connectivity index (χ0v) is 19.7. The van der Waals surface area contributed by atoms with Crippen molar-refractivity contribution < 1.29 is 24.5 Å². The summed E-state index contributed by atoms with van der Waals surface area (Å²) in [6.07, 6.45) is 0.617. The summed E-state index contributed by atoms with van der Waals surface area (Å²) < 4.78 is 5.95. The zero-order chi connectivity index (χ0) is 25.5. The highest BCUT2D eigenvalue weighted by Gasteiger charge is 2.31. The number of aromatic hydroxyl groups is 1. The van der Waals surface area contributed by atoms with Gasteiger partial charge in [0.25, 0.3) is 11.4 Å². The monoisotopic (exact) mass is 474 g/mol. The van der Waals surface area contributed by atoms with E-state index in [-0.39, 0.29) is 36.2 Å². The van der Waals surface area contributed by atoms with Gasteiger partial charge >= 0.3 is 0 Å². The molecule has 184 valence electrons. The van der Waals surface area contributed by atoms with E-state index in [1.165, 1.54) is 12.1 Å². The molecule has 3 N–H and O–H groups in total. The van der Waals surface area contributed by atoms with Gasteiger partial charge in [0.05, 0.1) is 33.5 Å². The van der Waals surface area contributed by atoms with Gasteiger partial charge in [-0.05, 0) is 57.9 Å². The number of anilines is 1. The number of nitrogens with one attached hydrogen (secondary N) is 2. The molecule has 2 aromatic carbocycles. The minimum absolute atomic E-state index is 0.106. The molecule has 0 aliphatic rings. The number of hydrogen-bond acceptors (Lipinski definition) is 8. The normalized spacial score (nSPS) is 11.6. The van der Waals surface area contributed by atoms with Crippen molar-refractivity contribution in [2.24, 2.45) is 5.41 Å². The van der Waals surface area contributed by atoms with Gasteiger partial charge in [0.2, 0.25) is 5.91 Å². The molecule has 0 aliphatic carbocycles. The van der Waals surface area contributed by atoms with Gasteiger partial charge in [0.15, 0.2) is 0 Å². The number of carbonyl (C=O) groups is 1. The van der Waals surface area contributed by atoms with Crippen molar-refractivity contribution in [2.45, 2.75) is 39.7 Å². The summed E-state index contributed by atoms with van der Waals surface area (Å²) in [5.41, 5.74) is -1.27. The van der Waals surface area contributed by atoms with Gasteiger partial charge in [-0.1, -0.05) is 12.1 Å². The first kappa shape index (κ1) is 26.5. The van der Waals surface area contributed by atoms with E-state index in [2.05, 4.69) is 10.6 Å². The Kier molecular flexibility index (Phi) is 8.52. The van der Waals surface area contributed by atoms with Crippen LogP contribution in [0.4, 0.5) is 17.1 Å². The third-order valence-corrected chi connectivity index (χ3v) is 5.17. The molecule has 0 radical (unpaired) electrons. The fourth-order valence-electron chi connectivity index (χ4n) is 2.96. The van der Waals surface area contributed by atoms with Gasteiger partial charge in [-0.2, -0.15) is 0 Å². The highest BCUT2D eigenvalue weighted by atomic mass is 16.6. The smallest absolute Gasteiger partial charge is 0.299 e. The predicted molar refractivity (Wildman–Crippen MR) is 127 cm³/mol. The van der Waals surface area contributed by atoms with Crippen LogP contribution in [0.2, 0.25) is 0 Å². The van der Waals surface area contributed by atoms with Crippen LogP contribution in [0, 0.1) is 25.6 Å². The fraction of sp³-hybridized carbons (Fsp3) is 0.435. The highest BCUT2D eigenvalue weighted by Crippen LogP contribution is 2.30. The third-order valence-electron chi connectivity index (χ3n) is 5.17. The number of ether oxygens (including phenoxy) is 1. The van der Waals surface area contributed by atoms with E-state index in [9.17, 15) is 30.1 Å². The van der Waals surface area contributed by atoms with Crippen molar-refractivity contribution in [1.29, 1.82) is 0 Å². The summed E-state index contributed by atoms with van der Waals surface area (Å²) in [5, 5.41) is 37.3. The van der Waals surface area contributed by atoms with Gasteiger partial charge in [-0.25, -0.2) is 0 Å². The third kappa shape index (κ3) is 7.69. The van der Waals surface area contributed by atoms with Crippen molar-refractivity contribution >= 4 is 23.0 Å². The predicted octanol–water partition coefficient (Wildman–Crippen LogP) is 3.80. The van der Waals surface area contributed by atoms with Gasteiger partial charge < -0.3 is 20.5 Å². The second-order valence-electron chi connectivity index (χ2n) is 9.17. The average Bonchev–Trinajstić information content (AvgIpc) is 2.77. The second-order valence-corrected chi connectivity index (χ2v) is 9.17. The molecular weight excluding hydrogens is 444 g/mol. The van der Waals surface area contributed by atoms with Crippen LogP contribution in [0.25, 0.3) is 0 Å². The van der Waals surface area contributed by atoms with E-state index in [0.717, 1.165) is 11.6 Å². The minimum Gasteiger partial charge on any atom is -0.508 e. The number of hydrogen-bond donors (Lipinski definition) is 3. The molecule has 0 aliphatic heterocycles. The molecule has 0 atom stereocenters. The van der Waals surface area contributed by atoms with Gasteiger partial charge in [-0.15, -0.1) is 0 Å². The molecule has 34 heavy (non-hydrogen) atoms. The molecule has 1 amide bonds. The minimum atomic E-state index is -0.828. The van der Waals surface area contributed by atoms with Crippen molar-refractivity contribution in [3.05, 3.63) is 68.3 Å². The number of phenolic OH excluding ortho intramolecular Hbond substituents is 1. The second kappa shape index (κ2) is 10.9. The quantitative estimate of drug-likeness (QED) is 0.310. The summed E-state index contributed by atoms with van der Waals surface area (Å²) >= 11 is 0. The largest absolute Gasteiger partial charge is 0.508 e. The summed E-state index contributed by atoms with van der Waals surface area (Å²) in [6, 6.07) is 10.2. The van der Waals surface area contributed by atoms with Crippen molar-refractivity contribution in [3.8, 4) is 5.75 Å². The lowest BCUT2D eigenvalue weighted by atomic mass is 9.93. The van der Waals surface area contributed by atoms with Gasteiger partial charge in [-0.3, -0.25) is 25.0 Å². The van der Waals surface area contributed by atoms with Crippen LogP contribution in [0.15, 0.2) is 42.5 Å². The maximum atomic E-state index is 12.6. The molecule has 0 fully saturated rings. The first-order valence-corrected chi connectivity index (χ1v) is 10.7. The van der Waals surface area contributed by atoms with E-state index in [1.807, 2.05) is 0 Å². The molecule has 0 spiro atoms. The Morgan fingerprint density at radius 3 is 2.26 bits per heavy atom. The van der Waals surface area contributed by atoms with Crippen LogP contribution < -0.4 is 10.6 Å². The van der Waals surface area contributed by atoms with E-state index >= 15 is 0 Å². The van der Waals surface area contributed by atoms with Crippen LogP contribution >= 0.6 is 0 Å². The van der Waals surface area contributed by atoms with Crippen LogP contribution in [-0.2, 0) is 16.0 Å². The molecule has 0 aromatic heterocycles. The Morgan fingerprint density at radius 1 is 1.03 bits per heavy atom. The maximum Gasteiger partial charge on any atom is 0.299 e. The number of phenols is 1. The number of benzene rings is 2. The van der Waals surface area contributed by atoms with Crippen molar-refractivity contribution in [2.75, 3.05) is 25.0 Å².